The van der Waals surface area contributed by atoms with Crippen molar-refractivity contribution < 1.29 is 9.59 Å². The van der Waals surface area contributed by atoms with Crippen LogP contribution in [-0.4, -0.2) is 35.3 Å². The van der Waals surface area contributed by atoms with Crippen LogP contribution in [0.1, 0.15) is 38.7 Å². The predicted octanol–water partition coefficient (Wildman–Crippen LogP) is 2.13. The van der Waals surface area contributed by atoms with E-state index in [-0.39, 0.29) is 23.9 Å². The first-order valence-electron chi connectivity index (χ1n) is 7.82. The van der Waals surface area contributed by atoms with Gasteiger partial charge in [-0.15, -0.1) is 0 Å². The molecule has 0 saturated carbocycles. The SMILES string of the molecule is CCC1NC(=O)C(CC)N(CCCc2ccccc2)C1=O. The normalized spacial score (nSPS) is 22.3. The van der Waals surface area contributed by atoms with Gasteiger partial charge >= 0.3 is 0 Å². The van der Waals surface area contributed by atoms with E-state index >= 15 is 0 Å². The number of hydrogen-bond donors (Lipinski definition) is 1. The van der Waals surface area contributed by atoms with Crippen molar-refractivity contribution in [1.29, 1.82) is 0 Å². The number of rotatable bonds is 6. The smallest absolute Gasteiger partial charge is 0.245 e. The van der Waals surface area contributed by atoms with E-state index in [1.807, 2.05) is 32.0 Å². The second kappa shape index (κ2) is 7.25. The maximum absolute atomic E-state index is 12.4. The van der Waals surface area contributed by atoms with E-state index in [9.17, 15) is 9.59 Å². The number of nitrogens with one attached hydrogen (secondary N) is 1. The fourth-order valence-electron chi connectivity index (χ4n) is 2.87. The fourth-order valence-corrected chi connectivity index (χ4v) is 2.87. The highest BCUT2D eigenvalue weighted by atomic mass is 16.2. The standard InChI is InChI=1S/C17H24N2O2/c1-3-14-17(21)19(15(4-2)16(20)18-14)12-8-11-13-9-6-5-7-10-13/h5-7,9-10,14-15H,3-4,8,11-12H2,1-2H3,(H,18,20). The van der Waals surface area contributed by atoms with Crippen LogP contribution in [0.15, 0.2) is 30.3 Å². The molecule has 0 radical (unpaired) electrons. The highest BCUT2D eigenvalue weighted by molar-refractivity contribution is 5.96. The second-order valence-electron chi connectivity index (χ2n) is 5.51. The van der Waals surface area contributed by atoms with Gasteiger partial charge in [0.2, 0.25) is 11.8 Å². The molecule has 1 aromatic rings. The van der Waals surface area contributed by atoms with Crippen LogP contribution in [-0.2, 0) is 16.0 Å². The molecule has 2 atom stereocenters. The lowest BCUT2D eigenvalue weighted by molar-refractivity contribution is -0.149. The third-order valence-electron chi connectivity index (χ3n) is 4.08. The maximum Gasteiger partial charge on any atom is 0.245 e. The lowest BCUT2D eigenvalue weighted by Gasteiger charge is -2.38. The Bertz CT molecular complexity index is 487. The van der Waals surface area contributed by atoms with Crippen molar-refractivity contribution in [2.75, 3.05) is 6.54 Å². The number of carbonyl (C=O) groups is 2. The highest BCUT2D eigenvalue weighted by Crippen LogP contribution is 2.16. The van der Waals surface area contributed by atoms with Gasteiger partial charge in [0.15, 0.2) is 0 Å². The van der Waals surface area contributed by atoms with Crippen molar-refractivity contribution in [2.45, 2.75) is 51.6 Å². The largest absolute Gasteiger partial charge is 0.343 e. The van der Waals surface area contributed by atoms with E-state index in [4.69, 9.17) is 0 Å². The van der Waals surface area contributed by atoms with E-state index < -0.39 is 0 Å². The molecule has 4 nitrogen and oxygen atoms in total. The van der Waals surface area contributed by atoms with Gasteiger partial charge in [-0.3, -0.25) is 9.59 Å². The van der Waals surface area contributed by atoms with Crippen LogP contribution in [0.4, 0.5) is 0 Å². The molecule has 1 aliphatic rings. The molecule has 0 aromatic heterocycles. The first-order valence-corrected chi connectivity index (χ1v) is 7.82. The van der Waals surface area contributed by atoms with Gasteiger partial charge < -0.3 is 10.2 Å². The van der Waals surface area contributed by atoms with Gasteiger partial charge in [0.05, 0.1) is 0 Å². The Morgan fingerprint density at radius 1 is 1.10 bits per heavy atom. The molecule has 0 aliphatic carbocycles. The summed E-state index contributed by atoms with van der Waals surface area (Å²) in [6, 6.07) is 9.58. The molecule has 2 unspecified atom stereocenters. The van der Waals surface area contributed by atoms with Crippen LogP contribution >= 0.6 is 0 Å². The Hall–Kier alpha value is -1.84. The fraction of sp³-hybridized carbons (Fsp3) is 0.529. The van der Waals surface area contributed by atoms with Crippen molar-refractivity contribution in [2.24, 2.45) is 0 Å². The number of hydrogen-bond acceptors (Lipinski definition) is 2. The molecule has 4 heteroatoms. The number of aryl methyl sites for hydroxylation is 1. The summed E-state index contributed by atoms with van der Waals surface area (Å²) in [4.78, 5) is 26.3. The van der Waals surface area contributed by atoms with Gasteiger partial charge in [0.25, 0.3) is 0 Å². The highest BCUT2D eigenvalue weighted by Gasteiger charge is 2.38. The summed E-state index contributed by atoms with van der Waals surface area (Å²) in [6.07, 6.45) is 3.13. The van der Waals surface area contributed by atoms with Crippen LogP contribution in [0.3, 0.4) is 0 Å². The zero-order chi connectivity index (χ0) is 15.2. The summed E-state index contributed by atoms with van der Waals surface area (Å²) in [5, 5.41) is 2.82. The van der Waals surface area contributed by atoms with Crippen LogP contribution in [0.5, 0.6) is 0 Å². The van der Waals surface area contributed by atoms with Crippen LogP contribution < -0.4 is 5.32 Å². The molecule has 2 amide bonds. The molecule has 1 aromatic carbocycles. The molecule has 1 heterocycles. The number of nitrogens with zero attached hydrogens (tertiary/aromatic N) is 1. The minimum absolute atomic E-state index is 0.0105. The Balaban J connectivity index is 1.97. The number of piperazine rings is 1. The Labute approximate surface area is 126 Å². The average molecular weight is 288 g/mol. The molecule has 1 aliphatic heterocycles. The summed E-state index contributed by atoms with van der Waals surface area (Å²) in [6.45, 7) is 4.53. The maximum atomic E-state index is 12.4. The Morgan fingerprint density at radius 3 is 2.43 bits per heavy atom. The van der Waals surface area contributed by atoms with Gasteiger partial charge in [-0.25, -0.2) is 0 Å². The van der Waals surface area contributed by atoms with Crippen LogP contribution in [0.2, 0.25) is 0 Å². The molecule has 1 saturated heterocycles. The van der Waals surface area contributed by atoms with Gasteiger partial charge in [0, 0.05) is 6.54 Å². The zero-order valence-electron chi connectivity index (χ0n) is 12.8. The van der Waals surface area contributed by atoms with Crippen molar-refractivity contribution in [3.8, 4) is 0 Å². The van der Waals surface area contributed by atoms with E-state index in [1.54, 1.807) is 4.90 Å². The second-order valence-corrected chi connectivity index (χ2v) is 5.51. The lowest BCUT2D eigenvalue weighted by Crippen LogP contribution is -2.63. The molecular weight excluding hydrogens is 264 g/mol. The Kier molecular flexibility index (Phi) is 5.37. The van der Waals surface area contributed by atoms with Gasteiger partial charge in [0.1, 0.15) is 12.1 Å². The van der Waals surface area contributed by atoms with E-state index in [0.717, 1.165) is 12.8 Å². The van der Waals surface area contributed by atoms with E-state index in [2.05, 4.69) is 17.4 Å². The minimum Gasteiger partial charge on any atom is -0.343 e. The minimum atomic E-state index is -0.350. The summed E-state index contributed by atoms with van der Waals surface area (Å²) in [7, 11) is 0. The molecule has 1 N–H and O–H groups in total. The molecule has 114 valence electrons. The first kappa shape index (κ1) is 15.5. The van der Waals surface area contributed by atoms with Gasteiger partial charge in [-0.05, 0) is 31.2 Å². The Morgan fingerprint density at radius 2 is 1.81 bits per heavy atom. The monoisotopic (exact) mass is 288 g/mol. The topological polar surface area (TPSA) is 49.4 Å². The van der Waals surface area contributed by atoms with Gasteiger partial charge in [-0.2, -0.15) is 0 Å². The summed E-state index contributed by atoms with van der Waals surface area (Å²) in [5.41, 5.74) is 1.27. The summed E-state index contributed by atoms with van der Waals surface area (Å²) >= 11 is 0. The van der Waals surface area contributed by atoms with E-state index in [0.29, 0.717) is 19.4 Å². The lowest BCUT2D eigenvalue weighted by atomic mass is 10.0. The third-order valence-corrected chi connectivity index (χ3v) is 4.08. The number of carbonyl (C=O) groups excluding carboxylic acids is 2. The van der Waals surface area contributed by atoms with Crippen molar-refractivity contribution >= 4 is 11.8 Å². The van der Waals surface area contributed by atoms with Crippen LogP contribution in [0.25, 0.3) is 0 Å². The molecule has 1 fully saturated rings. The van der Waals surface area contributed by atoms with E-state index in [1.165, 1.54) is 5.56 Å². The molecule has 21 heavy (non-hydrogen) atoms. The van der Waals surface area contributed by atoms with Crippen LogP contribution in [0, 0.1) is 0 Å². The van der Waals surface area contributed by atoms with Crippen molar-refractivity contribution in [3.05, 3.63) is 35.9 Å². The summed E-state index contributed by atoms with van der Waals surface area (Å²) in [5.74, 6) is 0.0562. The third kappa shape index (κ3) is 3.63. The van der Waals surface area contributed by atoms with Crippen molar-refractivity contribution in [1.82, 2.24) is 10.2 Å². The average Bonchev–Trinajstić information content (AvgIpc) is 2.51. The first-order chi connectivity index (χ1) is 10.2. The van der Waals surface area contributed by atoms with Gasteiger partial charge in [-0.1, -0.05) is 44.2 Å². The van der Waals surface area contributed by atoms with Crippen molar-refractivity contribution in [3.63, 3.8) is 0 Å². The predicted molar refractivity (Wildman–Crippen MR) is 82.8 cm³/mol. The quantitative estimate of drug-likeness (QED) is 0.872. The zero-order valence-corrected chi connectivity index (χ0v) is 12.8. The summed E-state index contributed by atoms with van der Waals surface area (Å²) < 4.78 is 0. The molecular formula is C17H24N2O2. The molecule has 0 spiro atoms. The molecule has 2 rings (SSSR count). The number of amides is 2. The molecule has 0 bridgehead atoms. The number of benzene rings is 1.